The van der Waals surface area contributed by atoms with E-state index in [4.69, 9.17) is 4.74 Å². The summed E-state index contributed by atoms with van der Waals surface area (Å²) in [5.41, 5.74) is 1.06. The van der Waals surface area contributed by atoms with Gasteiger partial charge in [-0.3, -0.25) is 4.79 Å². The van der Waals surface area contributed by atoms with Crippen molar-refractivity contribution in [2.75, 3.05) is 26.4 Å². The van der Waals surface area contributed by atoms with Gasteiger partial charge in [0.25, 0.3) is 0 Å². The van der Waals surface area contributed by atoms with Gasteiger partial charge in [-0.1, -0.05) is 30.3 Å². The molecule has 0 radical (unpaired) electrons. The molecule has 2 heterocycles. The fraction of sp³-hybridized carbons (Fsp3) is 0.350. The first-order valence-electron chi connectivity index (χ1n) is 8.51. The summed E-state index contributed by atoms with van der Waals surface area (Å²) in [5, 5.41) is 12.2. The molecular weight excluding hydrogens is 334 g/mol. The molecule has 0 bridgehead atoms. The number of nitrogens with one attached hydrogen (secondary N) is 1. The van der Waals surface area contributed by atoms with Gasteiger partial charge in [0.1, 0.15) is 0 Å². The van der Waals surface area contributed by atoms with E-state index < -0.39 is 0 Å². The Labute approximate surface area is 152 Å². The van der Waals surface area contributed by atoms with Gasteiger partial charge in [-0.2, -0.15) is 0 Å². The molecule has 1 amide bonds. The predicted octanol–water partition coefficient (Wildman–Crippen LogP) is 3.33. The highest BCUT2D eigenvalue weighted by atomic mass is 32.1. The topological polar surface area (TPSA) is 58.6 Å². The van der Waals surface area contributed by atoms with Crippen LogP contribution in [0.1, 0.15) is 17.7 Å². The van der Waals surface area contributed by atoms with Gasteiger partial charge in [0.05, 0.1) is 6.61 Å². The van der Waals surface area contributed by atoms with E-state index >= 15 is 0 Å². The average Bonchev–Trinajstić information content (AvgIpc) is 3.29. The predicted molar refractivity (Wildman–Crippen MR) is 101 cm³/mol. The van der Waals surface area contributed by atoms with Gasteiger partial charge in [-0.25, -0.2) is 0 Å². The number of aliphatic hydroxyl groups excluding tert-OH is 1. The zero-order valence-corrected chi connectivity index (χ0v) is 14.9. The SMILES string of the molecule is O=C(C=Cc1ccc(-c2ccccc2)s1)NCC1(CCO)CCOC1. The Kier molecular flexibility index (Phi) is 6.02. The van der Waals surface area contributed by atoms with Crippen molar-refractivity contribution >= 4 is 23.3 Å². The van der Waals surface area contributed by atoms with Crippen LogP contribution in [0.3, 0.4) is 0 Å². The molecule has 1 atom stereocenters. The largest absolute Gasteiger partial charge is 0.396 e. The molecule has 132 valence electrons. The maximum atomic E-state index is 12.1. The molecular formula is C20H23NO3S. The van der Waals surface area contributed by atoms with Crippen molar-refractivity contribution < 1.29 is 14.6 Å². The summed E-state index contributed by atoms with van der Waals surface area (Å²) in [5.74, 6) is -0.112. The van der Waals surface area contributed by atoms with Gasteiger partial charge in [-0.15, -0.1) is 11.3 Å². The van der Waals surface area contributed by atoms with Crippen molar-refractivity contribution in [1.29, 1.82) is 0 Å². The molecule has 4 nitrogen and oxygen atoms in total. The van der Waals surface area contributed by atoms with Gasteiger partial charge >= 0.3 is 0 Å². The molecule has 1 unspecified atom stereocenters. The van der Waals surface area contributed by atoms with Gasteiger partial charge in [-0.05, 0) is 36.6 Å². The van der Waals surface area contributed by atoms with Crippen LogP contribution in [-0.4, -0.2) is 37.4 Å². The van der Waals surface area contributed by atoms with Crippen LogP contribution in [0.5, 0.6) is 0 Å². The lowest BCUT2D eigenvalue weighted by molar-refractivity contribution is -0.117. The van der Waals surface area contributed by atoms with Crippen molar-refractivity contribution in [3.05, 3.63) is 53.4 Å². The van der Waals surface area contributed by atoms with Crippen molar-refractivity contribution in [1.82, 2.24) is 5.32 Å². The summed E-state index contributed by atoms with van der Waals surface area (Å²) in [7, 11) is 0. The number of carbonyl (C=O) groups is 1. The monoisotopic (exact) mass is 357 g/mol. The van der Waals surface area contributed by atoms with Gasteiger partial charge in [0.2, 0.25) is 5.91 Å². The first kappa shape index (κ1) is 17.9. The number of carbonyl (C=O) groups excluding carboxylic acids is 1. The fourth-order valence-corrected chi connectivity index (χ4v) is 3.92. The first-order valence-corrected chi connectivity index (χ1v) is 9.32. The van der Waals surface area contributed by atoms with E-state index in [2.05, 4.69) is 23.5 Å². The third-order valence-corrected chi connectivity index (χ3v) is 5.65. The number of rotatable bonds is 7. The minimum absolute atomic E-state index is 0.112. The molecule has 0 spiro atoms. The second-order valence-corrected chi connectivity index (χ2v) is 7.51. The molecule has 0 saturated carbocycles. The maximum Gasteiger partial charge on any atom is 0.244 e. The summed E-state index contributed by atoms with van der Waals surface area (Å²) >= 11 is 1.66. The lowest BCUT2D eigenvalue weighted by Gasteiger charge is -2.26. The van der Waals surface area contributed by atoms with Crippen molar-refractivity contribution in [3.63, 3.8) is 0 Å². The Morgan fingerprint density at radius 3 is 2.84 bits per heavy atom. The third-order valence-electron chi connectivity index (χ3n) is 4.55. The number of benzene rings is 1. The van der Waals surface area contributed by atoms with Crippen molar-refractivity contribution in [2.45, 2.75) is 12.8 Å². The molecule has 1 aliphatic heterocycles. The molecule has 1 aromatic carbocycles. The Hall–Kier alpha value is -1.95. The molecule has 5 heteroatoms. The quantitative estimate of drug-likeness (QED) is 0.747. The summed E-state index contributed by atoms with van der Waals surface area (Å²) < 4.78 is 5.44. The molecule has 1 fully saturated rings. The number of hydrogen-bond acceptors (Lipinski definition) is 4. The molecule has 2 N–H and O–H groups in total. The van der Waals surface area contributed by atoms with E-state index in [-0.39, 0.29) is 17.9 Å². The van der Waals surface area contributed by atoms with E-state index in [0.29, 0.717) is 26.2 Å². The van der Waals surface area contributed by atoms with Crippen LogP contribution in [0.15, 0.2) is 48.5 Å². The summed E-state index contributed by atoms with van der Waals surface area (Å²) in [6, 6.07) is 14.3. The summed E-state index contributed by atoms with van der Waals surface area (Å²) in [6.07, 6.45) is 4.95. The average molecular weight is 357 g/mol. The Morgan fingerprint density at radius 2 is 2.12 bits per heavy atom. The lowest BCUT2D eigenvalue weighted by atomic mass is 9.84. The van der Waals surface area contributed by atoms with E-state index in [0.717, 1.165) is 11.3 Å². The van der Waals surface area contributed by atoms with Crippen molar-refractivity contribution in [2.24, 2.45) is 5.41 Å². The number of ether oxygens (including phenoxy) is 1. The normalized spacial score (nSPS) is 20.2. The molecule has 25 heavy (non-hydrogen) atoms. The third kappa shape index (κ3) is 4.78. The van der Waals surface area contributed by atoms with Gasteiger partial charge in [0, 0.05) is 41.0 Å². The van der Waals surface area contributed by atoms with E-state index in [9.17, 15) is 9.90 Å². The molecule has 1 aromatic heterocycles. The van der Waals surface area contributed by atoms with Crippen LogP contribution in [-0.2, 0) is 9.53 Å². The Balaban J connectivity index is 1.55. The zero-order chi connectivity index (χ0) is 17.5. The smallest absolute Gasteiger partial charge is 0.244 e. The Morgan fingerprint density at radius 1 is 1.28 bits per heavy atom. The van der Waals surface area contributed by atoms with Crippen LogP contribution in [0.2, 0.25) is 0 Å². The number of aliphatic hydroxyl groups is 1. The van der Waals surface area contributed by atoms with Crippen LogP contribution in [0, 0.1) is 5.41 Å². The van der Waals surface area contributed by atoms with Crippen LogP contribution in [0.25, 0.3) is 16.5 Å². The van der Waals surface area contributed by atoms with E-state index in [1.54, 1.807) is 17.4 Å². The highest BCUT2D eigenvalue weighted by molar-refractivity contribution is 7.16. The molecule has 1 saturated heterocycles. The molecule has 3 rings (SSSR count). The minimum atomic E-state index is -0.123. The van der Waals surface area contributed by atoms with E-state index in [1.165, 1.54) is 10.4 Å². The van der Waals surface area contributed by atoms with Gasteiger partial charge < -0.3 is 15.2 Å². The van der Waals surface area contributed by atoms with Crippen molar-refractivity contribution in [3.8, 4) is 10.4 Å². The second-order valence-electron chi connectivity index (χ2n) is 6.40. The minimum Gasteiger partial charge on any atom is -0.396 e. The maximum absolute atomic E-state index is 12.1. The van der Waals surface area contributed by atoms with Crippen LogP contribution >= 0.6 is 11.3 Å². The Bertz CT molecular complexity index is 718. The highest BCUT2D eigenvalue weighted by Gasteiger charge is 2.34. The number of amides is 1. The highest BCUT2D eigenvalue weighted by Crippen LogP contribution is 2.31. The lowest BCUT2D eigenvalue weighted by Crippen LogP contribution is -2.38. The summed E-state index contributed by atoms with van der Waals surface area (Å²) in [6.45, 7) is 1.95. The number of thiophene rings is 1. The standard InChI is InChI=1S/C20H23NO3S/c22-12-10-20(11-13-24-15-20)14-21-19(23)9-7-17-6-8-18(25-17)16-4-2-1-3-5-16/h1-9,22H,10-15H2,(H,21,23). The fourth-order valence-electron chi connectivity index (χ4n) is 3.00. The summed E-state index contributed by atoms with van der Waals surface area (Å²) in [4.78, 5) is 14.3. The second kappa shape index (κ2) is 8.43. The van der Waals surface area contributed by atoms with Crippen LogP contribution in [0.4, 0.5) is 0 Å². The van der Waals surface area contributed by atoms with E-state index in [1.807, 2.05) is 30.3 Å². The molecule has 1 aliphatic rings. The zero-order valence-electron chi connectivity index (χ0n) is 14.1. The molecule has 2 aromatic rings. The molecule has 0 aliphatic carbocycles. The van der Waals surface area contributed by atoms with Gasteiger partial charge in [0.15, 0.2) is 0 Å². The first-order chi connectivity index (χ1) is 12.2. The van der Waals surface area contributed by atoms with Crippen LogP contribution < -0.4 is 5.32 Å². The number of hydrogen-bond donors (Lipinski definition) is 2.